The van der Waals surface area contributed by atoms with Crippen LogP contribution >= 0.6 is 0 Å². The van der Waals surface area contributed by atoms with E-state index in [1.807, 2.05) is 6.07 Å². The maximum atomic E-state index is 12.4. The van der Waals surface area contributed by atoms with Gasteiger partial charge in [0.2, 0.25) is 0 Å². The van der Waals surface area contributed by atoms with Crippen LogP contribution in [-0.2, 0) is 14.3 Å². The largest absolute Gasteiger partial charge is 0.461 e. The summed E-state index contributed by atoms with van der Waals surface area (Å²) in [4.78, 5) is 37.0. The molecule has 0 aliphatic carbocycles. The van der Waals surface area contributed by atoms with Crippen LogP contribution in [-0.4, -0.2) is 47.8 Å². The van der Waals surface area contributed by atoms with Crippen LogP contribution in [0.15, 0.2) is 60.2 Å². The van der Waals surface area contributed by atoms with E-state index >= 15 is 0 Å². The van der Waals surface area contributed by atoms with Crippen molar-refractivity contribution in [1.29, 1.82) is 0 Å². The molecule has 0 saturated carbocycles. The van der Waals surface area contributed by atoms with E-state index in [0.717, 1.165) is 25.9 Å². The summed E-state index contributed by atoms with van der Waals surface area (Å²) in [5.41, 5.74) is 1.54. The van der Waals surface area contributed by atoms with Gasteiger partial charge in [-0.2, -0.15) is 0 Å². The second kappa shape index (κ2) is 10.6. The van der Waals surface area contributed by atoms with Gasteiger partial charge in [-0.25, -0.2) is 4.79 Å². The number of esters is 1. The summed E-state index contributed by atoms with van der Waals surface area (Å²) in [7, 11) is 0. The number of non-ortho nitro benzene ring substituents is 1. The fourth-order valence-electron chi connectivity index (χ4n) is 3.76. The van der Waals surface area contributed by atoms with Gasteiger partial charge in [0.15, 0.2) is 5.78 Å². The maximum absolute atomic E-state index is 12.4. The zero-order valence-electron chi connectivity index (χ0n) is 17.5. The summed E-state index contributed by atoms with van der Waals surface area (Å²) < 4.78 is 5.33. The second-order valence-electron chi connectivity index (χ2n) is 7.63. The Morgan fingerprint density at radius 2 is 1.84 bits per heavy atom. The number of carbonyl (C=O) groups is 2. The van der Waals surface area contributed by atoms with Crippen molar-refractivity contribution in [2.75, 3.05) is 26.2 Å². The number of likely N-dealkylation sites (tertiary alicyclic amines) is 1. The van der Waals surface area contributed by atoms with Crippen molar-refractivity contribution >= 4 is 23.5 Å². The Morgan fingerprint density at radius 3 is 2.48 bits per heavy atom. The van der Waals surface area contributed by atoms with E-state index in [1.165, 1.54) is 36.8 Å². The van der Waals surface area contributed by atoms with E-state index in [2.05, 4.69) is 29.2 Å². The first-order chi connectivity index (χ1) is 14.9. The van der Waals surface area contributed by atoms with Gasteiger partial charge in [-0.15, -0.1) is 0 Å². The number of carbonyl (C=O) groups excluding carboxylic acids is 2. The molecule has 1 aliphatic heterocycles. The van der Waals surface area contributed by atoms with Gasteiger partial charge < -0.3 is 4.74 Å². The minimum atomic E-state index is -0.710. The summed E-state index contributed by atoms with van der Waals surface area (Å²) in [6.07, 6.45) is 3.45. The van der Waals surface area contributed by atoms with Crippen LogP contribution in [0.4, 0.5) is 5.69 Å². The highest BCUT2D eigenvalue weighted by molar-refractivity contribution is 6.19. The van der Waals surface area contributed by atoms with Gasteiger partial charge in [0.05, 0.1) is 4.92 Å². The first kappa shape index (κ1) is 22.4. The number of piperidine rings is 1. The third kappa shape index (κ3) is 6.33. The quantitative estimate of drug-likeness (QED) is 0.160. The first-order valence-corrected chi connectivity index (χ1v) is 10.4. The van der Waals surface area contributed by atoms with Crippen LogP contribution in [0.3, 0.4) is 0 Å². The molecule has 7 heteroatoms. The third-order valence-corrected chi connectivity index (χ3v) is 5.49. The average Bonchev–Trinajstić information content (AvgIpc) is 2.78. The number of rotatable bonds is 8. The smallest absolute Gasteiger partial charge is 0.341 e. The van der Waals surface area contributed by atoms with E-state index < -0.39 is 16.7 Å². The normalized spacial score (nSPS) is 15.5. The average molecular weight is 422 g/mol. The first-order valence-electron chi connectivity index (χ1n) is 10.4. The van der Waals surface area contributed by atoms with Crippen molar-refractivity contribution in [2.45, 2.75) is 25.7 Å². The van der Waals surface area contributed by atoms with Gasteiger partial charge in [-0.1, -0.05) is 42.5 Å². The molecule has 0 unspecified atom stereocenters. The van der Waals surface area contributed by atoms with Crippen LogP contribution in [0.5, 0.6) is 0 Å². The molecule has 0 radical (unpaired) electrons. The Morgan fingerprint density at radius 1 is 1.13 bits per heavy atom. The Labute approximate surface area is 181 Å². The number of ketones is 1. The molecular formula is C24H26N2O5. The molecule has 2 aromatic rings. The van der Waals surface area contributed by atoms with Crippen molar-refractivity contribution < 1.29 is 19.2 Å². The van der Waals surface area contributed by atoms with Gasteiger partial charge >= 0.3 is 5.97 Å². The molecule has 1 saturated heterocycles. The summed E-state index contributed by atoms with van der Waals surface area (Å²) in [6, 6.07) is 16.3. The van der Waals surface area contributed by atoms with Gasteiger partial charge in [0.25, 0.3) is 5.69 Å². The van der Waals surface area contributed by atoms with E-state index in [9.17, 15) is 19.7 Å². The van der Waals surface area contributed by atoms with E-state index in [-0.39, 0.29) is 17.9 Å². The topological polar surface area (TPSA) is 89.8 Å². The lowest BCUT2D eigenvalue weighted by atomic mass is 9.89. The minimum Gasteiger partial charge on any atom is -0.461 e. The molecule has 1 fully saturated rings. The number of ether oxygens (including phenoxy) is 1. The number of hydrogen-bond donors (Lipinski definition) is 0. The number of Topliss-reactive ketones (excluding diaryl/α,β-unsaturated/α-hetero) is 1. The molecule has 7 nitrogen and oxygen atoms in total. The van der Waals surface area contributed by atoms with Crippen molar-refractivity contribution in [3.8, 4) is 0 Å². The Kier molecular flexibility index (Phi) is 7.67. The molecule has 2 aromatic carbocycles. The van der Waals surface area contributed by atoms with Crippen molar-refractivity contribution in [1.82, 2.24) is 4.90 Å². The van der Waals surface area contributed by atoms with Crippen LogP contribution in [0.1, 0.15) is 36.8 Å². The highest BCUT2D eigenvalue weighted by Gasteiger charge is 2.21. The highest BCUT2D eigenvalue weighted by Crippen LogP contribution is 2.27. The maximum Gasteiger partial charge on any atom is 0.341 e. The fraction of sp³-hybridized carbons (Fsp3) is 0.333. The number of nitrogens with zero attached hydrogens (tertiary/aromatic N) is 2. The lowest BCUT2D eigenvalue weighted by Crippen LogP contribution is -2.35. The molecule has 0 atom stereocenters. The molecule has 0 aromatic heterocycles. The molecule has 3 rings (SSSR count). The zero-order chi connectivity index (χ0) is 22.2. The van der Waals surface area contributed by atoms with E-state index in [0.29, 0.717) is 18.0 Å². The van der Waals surface area contributed by atoms with Crippen LogP contribution < -0.4 is 0 Å². The lowest BCUT2D eigenvalue weighted by Gasteiger charge is -2.32. The van der Waals surface area contributed by atoms with Crippen LogP contribution in [0.2, 0.25) is 0 Å². The second-order valence-corrected chi connectivity index (χ2v) is 7.63. The number of benzene rings is 2. The molecule has 31 heavy (non-hydrogen) atoms. The number of nitro groups is 1. The fourth-order valence-corrected chi connectivity index (χ4v) is 3.76. The third-order valence-electron chi connectivity index (χ3n) is 5.49. The Balaban J connectivity index is 1.51. The SMILES string of the molecule is CC(=O)/C(=C\c1cccc([N+](=O)[O-])c1)C(=O)OCCN1CCC(c2ccccc2)CC1. The molecule has 1 heterocycles. The standard InChI is InChI=1S/C24H26N2O5/c1-18(27)23(17-19-6-5-9-22(16-19)26(29)30)24(28)31-15-14-25-12-10-21(11-13-25)20-7-3-2-4-8-20/h2-9,16-17,21H,10-15H2,1H3/b23-17+. The molecular weight excluding hydrogens is 396 g/mol. The summed E-state index contributed by atoms with van der Waals surface area (Å²) in [6.45, 7) is 3.93. The Hall–Kier alpha value is -3.32. The zero-order valence-corrected chi connectivity index (χ0v) is 17.5. The Bertz CT molecular complexity index is 963. The van der Waals surface area contributed by atoms with Crippen molar-refractivity contribution in [2.24, 2.45) is 0 Å². The van der Waals surface area contributed by atoms with Crippen LogP contribution in [0, 0.1) is 10.1 Å². The van der Waals surface area contributed by atoms with E-state index in [4.69, 9.17) is 4.74 Å². The molecule has 1 aliphatic rings. The summed E-state index contributed by atoms with van der Waals surface area (Å²) in [5, 5.41) is 10.9. The summed E-state index contributed by atoms with van der Waals surface area (Å²) in [5.74, 6) is -0.597. The number of hydrogen-bond acceptors (Lipinski definition) is 6. The molecule has 0 N–H and O–H groups in total. The molecule has 0 amide bonds. The van der Waals surface area contributed by atoms with Crippen molar-refractivity contribution in [3.05, 3.63) is 81.4 Å². The predicted octanol–water partition coefficient (Wildman–Crippen LogP) is 3.99. The molecule has 162 valence electrons. The molecule has 0 spiro atoms. The molecule has 0 bridgehead atoms. The van der Waals surface area contributed by atoms with Gasteiger partial charge in [-0.05, 0) is 56.0 Å². The monoisotopic (exact) mass is 422 g/mol. The lowest BCUT2D eigenvalue weighted by molar-refractivity contribution is -0.384. The van der Waals surface area contributed by atoms with E-state index in [1.54, 1.807) is 6.07 Å². The van der Waals surface area contributed by atoms with Crippen LogP contribution in [0.25, 0.3) is 6.08 Å². The van der Waals surface area contributed by atoms with Crippen molar-refractivity contribution in [3.63, 3.8) is 0 Å². The predicted molar refractivity (Wildman–Crippen MR) is 118 cm³/mol. The van der Waals surface area contributed by atoms with Gasteiger partial charge in [0, 0.05) is 18.7 Å². The number of nitro benzene ring substituents is 1. The minimum absolute atomic E-state index is 0.107. The van der Waals surface area contributed by atoms with Gasteiger partial charge in [0.1, 0.15) is 12.2 Å². The van der Waals surface area contributed by atoms with Gasteiger partial charge in [-0.3, -0.25) is 19.8 Å². The summed E-state index contributed by atoms with van der Waals surface area (Å²) >= 11 is 0. The highest BCUT2D eigenvalue weighted by atomic mass is 16.6.